The number of fused-ring (bicyclic) bond motifs is 1. The van der Waals surface area contributed by atoms with Gasteiger partial charge in [0.1, 0.15) is 11.5 Å². The van der Waals surface area contributed by atoms with E-state index in [2.05, 4.69) is 32.1 Å². The molecule has 0 bridgehead atoms. The number of nitrogen functional groups attached to an aromatic ring is 1. The summed E-state index contributed by atoms with van der Waals surface area (Å²) in [5.41, 5.74) is 5.19. The molecule has 0 unspecified atom stereocenters. The number of nitrogens with two attached hydrogens (primary N) is 1. The highest BCUT2D eigenvalue weighted by atomic mass is 35.5. The maximum absolute atomic E-state index is 12.8. The van der Waals surface area contributed by atoms with Gasteiger partial charge in [0.25, 0.3) is 0 Å². The predicted molar refractivity (Wildman–Crippen MR) is 94.0 cm³/mol. The molecule has 0 radical (unpaired) electrons. The first-order valence-electron chi connectivity index (χ1n) is 8.51. The standard InChI is InChI=1S/C15H21ClN8O2/c1-2-3-4-7-23-11-10(19-13(16)20-11)12(25)24(15(23)26)8-5-6-9-18-14(17)22-21-9/h25H,2-8H2,1H3,(H3,17,18,21,22)/p-1. The van der Waals surface area contributed by atoms with E-state index in [1.165, 1.54) is 9.13 Å². The summed E-state index contributed by atoms with van der Waals surface area (Å²) in [7, 11) is 0. The minimum absolute atomic E-state index is 0.0318. The number of nitrogens with one attached hydrogen (secondary N) is 1. The summed E-state index contributed by atoms with van der Waals surface area (Å²) in [6.45, 7) is 2.78. The van der Waals surface area contributed by atoms with Gasteiger partial charge in [-0.25, -0.2) is 9.78 Å². The number of hydrogen-bond acceptors (Lipinski definition) is 7. The zero-order valence-corrected chi connectivity index (χ0v) is 15.2. The molecule has 3 heterocycles. The molecular weight excluding hydrogens is 360 g/mol. The Balaban J connectivity index is 1.88. The van der Waals surface area contributed by atoms with Crippen molar-refractivity contribution in [1.82, 2.24) is 34.3 Å². The van der Waals surface area contributed by atoms with Crippen LogP contribution in [0, 0.1) is 0 Å². The van der Waals surface area contributed by atoms with E-state index in [0.29, 0.717) is 25.2 Å². The van der Waals surface area contributed by atoms with Crippen molar-refractivity contribution in [2.45, 2.75) is 52.1 Å². The van der Waals surface area contributed by atoms with Gasteiger partial charge in [-0.2, -0.15) is 9.97 Å². The number of H-pyrrole nitrogens is 1. The van der Waals surface area contributed by atoms with Crippen LogP contribution in [-0.2, 0) is 19.5 Å². The highest BCUT2D eigenvalue weighted by Gasteiger charge is 2.20. The number of unbranched alkanes of at least 4 members (excludes halogenated alkanes) is 2. The summed E-state index contributed by atoms with van der Waals surface area (Å²) in [4.78, 5) is 24.9. The fraction of sp³-hybridized carbons (Fsp3) is 0.533. The second-order valence-electron chi connectivity index (χ2n) is 6.01. The molecule has 10 nitrogen and oxygen atoms in total. The first-order valence-corrected chi connectivity index (χ1v) is 8.89. The largest absolute Gasteiger partial charge is 0.858 e. The average Bonchev–Trinajstić information content (AvgIpc) is 3.19. The van der Waals surface area contributed by atoms with E-state index in [1.54, 1.807) is 0 Å². The zero-order chi connectivity index (χ0) is 18.7. The van der Waals surface area contributed by atoms with Gasteiger partial charge in [0, 0.05) is 19.5 Å². The fourth-order valence-electron chi connectivity index (χ4n) is 2.84. The molecule has 140 valence electrons. The lowest BCUT2D eigenvalue weighted by Gasteiger charge is -2.22. The Bertz CT molecular complexity index is 915. The van der Waals surface area contributed by atoms with Crippen molar-refractivity contribution in [2.24, 2.45) is 0 Å². The van der Waals surface area contributed by atoms with Gasteiger partial charge in [0.05, 0.1) is 0 Å². The second-order valence-corrected chi connectivity index (χ2v) is 6.34. The quantitative estimate of drug-likeness (QED) is 0.435. The minimum atomic E-state index is -0.478. The van der Waals surface area contributed by atoms with Crippen LogP contribution in [0.3, 0.4) is 0 Å². The first-order chi connectivity index (χ1) is 12.5. The van der Waals surface area contributed by atoms with Gasteiger partial charge in [-0.15, -0.1) is 5.10 Å². The molecule has 1 aromatic heterocycles. The lowest BCUT2D eigenvalue weighted by molar-refractivity contribution is -0.279. The Hall–Kier alpha value is -2.62. The molecule has 0 atom stereocenters. The van der Waals surface area contributed by atoms with Gasteiger partial charge in [-0.1, -0.05) is 19.8 Å². The number of halogens is 1. The second kappa shape index (κ2) is 7.73. The van der Waals surface area contributed by atoms with Crippen LogP contribution >= 0.6 is 11.6 Å². The Morgan fingerprint density at radius 2 is 1.92 bits per heavy atom. The highest BCUT2D eigenvalue weighted by Crippen LogP contribution is 2.27. The van der Waals surface area contributed by atoms with E-state index >= 15 is 0 Å². The molecule has 0 fully saturated rings. The molecule has 0 aliphatic carbocycles. The van der Waals surface area contributed by atoms with E-state index in [4.69, 9.17) is 17.3 Å². The van der Waals surface area contributed by atoms with Crippen molar-refractivity contribution in [3.8, 4) is 17.4 Å². The normalized spacial score (nSPS) is 11.5. The summed E-state index contributed by atoms with van der Waals surface area (Å²) in [6.07, 6.45) is 3.84. The van der Waals surface area contributed by atoms with Crippen molar-refractivity contribution in [3.63, 3.8) is 0 Å². The van der Waals surface area contributed by atoms with Crippen molar-refractivity contribution in [2.75, 3.05) is 5.73 Å². The Kier molecular flexibility index (Phi) is 5.40. The Morgan fingerprint density at radius 1 is 1.15 bits per heavy atom. The monoisotopic (exact) mass is 379 g/mol. The summed E-state index contributed by atoms with van der Waals surface area (Å²) in [5, 5.41) is 19.0. The van der Waals surface area contributed by atoms with Gasteiger partial charge in [0.15, 0.2) is 5.82 Å². The molecule has 0 saturated heterocycles. The van der Waals surface area contributed by atoms with Crippen LogP contribution in [0.2, 0.25) is 5.28 Å². The number of imidazole rings is 1. The third-order valence-electron chi connectivity index (χ3n) is 4.11. The van der Waals surface area contributed by atoms with E-state index in [9.17, 15) is 9.90 Å². The van der Waals surface area contributed by atoms with Crippen LogP contribution in [-0.4, -0.2) is 34.3 Å². The fourth-order valence-corrected chi connectivity index (χ4v) is 3.00. The predicted octanol–water partition coefficient (Wildman–Crippen LogP) is 0.795. The van der Waals surface area contributed by atoms with Crippen molar-refractivity contribution in [3.05, 3.63) is 21.6 Å². The van der Waals surface area contributed by atoms with Gasteiger partial charge in [0.2, 0.25) is 11.2 Å². The van der Waals surface area contributed by atoms with E-state index in [0.717, 1.165) is 19.3 Å². The molecule has 0 spiro atoms. The lowest BCUT2D eigenvalue weighted by atomic mass is 10.2. The number of aromatic nitrogens is 7. The van der Waals surface area contributed by atoms with Gasteiger partial charge in [-0.3, -0.25) is 9.67 Å². The number of hydrogen-bond donors (Lipinski definition) is 2. The molecule has 1 aromatic rings. The van der Waals surface area contributed by atoms with E-state index in [1.807, 2.05) is 0 Å². The zero-order valence-electron chi connectivity index (χ0n) is 14.4. The smallest absolute Gasteiger partial charge is 0.329 e. The number of aryl methyl sites for hydroxylation is 1. The summed E-state index contributed by atoms with van der Waals surface area (Å²) in [6, 6.07) is 0. The lowest BCUT2D eigenvalue weighted by Crippen LogP contribution is -2.35. The number of nitrogens with zero attached hydrogens (tertiary/aromatic N) is 6. The van der Waals surface area contributed by atoms with Crippen LogP contribution in [0.15, 0.2) is 4.79 Å². The third-order valence-corrected chi connectivity index (χ3v) is 4.28. The minimum Gasteiger partial charge on any atom is -0.858 e. The Morgan fingerprint density at radius 3 is 2.62 bits per heavy atom. The maximum Gasteiger partial charge on any atom is 0.329 e. The molecule has 2 aliphatic heterocycles. The highest BCUT2D eigenvalue weighted by molar-refractivity contribution is 6.28. The molecular formula is C15H20ClN8O2-. The Labute approximate surface area is 154 Å². The van der Waals surface area contributed by atoms with Crippen LogP contribution in [0.4, 0.5) is 5.95 Å². The van der Waals surface area contributed by atoms with Gasteiger partial charge >= 0.3 is 5.69 Å². The molecule has 0 saturated carbocycles. The average molecular weight is 380 g/mol. The summed E-state index contributed by atoms with van der Waals surface area (Å²) >= 11 is 5.86. The van der Waals surface area contributed by atoms with E-state index in [-0.39, 0.29) is 29.3 Å². The molecule has 0 amide bonds. The summed E-state index contributed by atoms with van der Waals surface area (Å²) < 4.78 is 2.66. The van der Waals surface area contributed by atoms with Crippen LogP contribution in [0.25, 0.3) is 11.5 Å². The first kappa shape index (κ1) is 18.2. The van der Waals surface area contributed by atoms with Crippen LogP contribution in [0.5, 0.6) is 5.88 Å². The third kappa shape index (κ3) is 3.64. The van der Waals surface area contributed by atoms with Crippen molar-refractivity contribution in [1.29, 1.82) is 0 Å². The van der Waals surface area contributed by atoms with E-state index < -0.39 is 11.6 Å². The molecule has 3 N–H and O–H groups in total. The molecule has 26 heavy (non-hydrogen) atoms. The number of anilines is 1. The molecule has 0 aromatic carbocycles. The SMILES string of the molecule is CCCCCn1c2nc(Cl)nc-2c([O-])n(CCCc2nc(N)n[nH]2)c1=O. The number of aromatic amines is 1. The van der Waals surface area contributed by atoms with Crippen LogP contribution < -0.4 is 16.5 Å². The van der Waals surface area contributed by atoms with Gasteiger partial charge < -0.3 is 15.4 Å². The molecule has 11 heteroatoms. The van der Waals surface area contributed by atoms with Crippen molar-refractivity contribution >= 4 is 17.5 Å². The van der Waals surface area contributed by atoms with Gasteiger partial charge in [-0.05, 0) is 30.3 Å². The number of rotatable bonds is 8. The summed E-state index contributed by atoms with van der Waals surface area (Å²) in [5.74, 6) is 0.545. The topological polar surface area (TPSA) is 143 Å². The van der Waals surface area contributed by atoms with Crippen molar-refractivity contribution < 1.29 is 5.11 Å². The molecule has 3 rings (SSSR count). The van der Waals surface area contributed by atoms with Crippen LogP contribution in [0.1, 0.15) is 38.4 Å². The maximum atomic E-state index is 12.8. The molecule has 2 aliphatic rings.